The third kappa shape index (κ3) is 6.83. The van der Waals surface area contributed by atoms with E-state index >= 15 is 0 Å². The second-order valence-electron chi connectivity index (χ2n) is 10.2. The van der Waals surface area contributed by atoms with Gasteiger partial charge in [0.1, 0.15) is 6.10 Å². The summed E-state index contributed by atoms with van der Waals surface area (Å²) in [6.45, 7) is 2.66. The number of hydrogen-bond donors (Lipinski definition) is 0. The molecule has 1 aromatic rings. The minimum atomic E-state index is -0.329. The van der Waals surface area contributed by atoms with Crippen LogP contribution in [0.3, 0.4) is 0 Å². The van der Waals surface area contributed by atoms with Crippen LogP contribution in [0.25, 0.3) is 0 Å². The predicted molar refractivity (Wildman–Crippen MR) is 129 cm³/mol. The van der Waals surface area contributed by atoms with Gasteiger partial charge in [-0.25, -0.2) is 0 Å². The van der Waals surface area contributed by atoms with Gasteiger partial charge in [0.05, 0.1) is 25.7 Å². The molecule has 7 nitrogen and oxygen atoms in total. The smallest absolute Gasteiger partial charge is 0.311 e. The lowest BCUT2D eigenvalue weighted by molar-refractivity contribution is -0.201. The molecule has 3 aliphatic rings. The van der Waals surface area contributed by atoms with Crippen LogP contribution in [0.5, 0.6) is 0 Å². The van der Waals surface area contributed by atoms with Crippen molar-refractivity contribution in [1.82, 2.24) is 0 Å². The van der Waals surface area contributed by atoms with E-state index in [1.807, 2.05) is 18.2 Å². The molecule has 4 rings (SSSR count). The summed E-state index contributed by atoms with van der Waals surface area (Å²) in [6, 6.07) is 10.2. The Morgan fingerprint density at radius 3 is 2.69 bits per heavy atom. The molecule has 1 aromatic carbocycles. The molecule has 0 N–H and O–H groups in total. The lowest BCUT2D eigenvalue weighted by Crippen LogP contribution is -2.36. The second kappa shape index (κ2) is 13.4. The van der Waals surface area contributed by atoms with Gasteiger partial charge in [-0.15, -0.1) is 0 Å². The highest BCUT2D eigenvalue weighted by molar-refractivity contribution is 5.74. The number of methoxy groups -OCH3 is 1. The maximum atomic E-state index is 12.8. The van der Waals surface area contributed by atoms with Crippen LogP contribution in [-0.2, 0) is 39.9 Å². The van der Waals surface area contributed by atoms with Crippen LogP contribution < -0.4 is 0 Å². The lowest BCUT2D eigenvalue weighted by atomic mass is 9.89. The molecule has 0 spiro atoms. The topological polar surface area (TPSA) is 80.3 Å². The van der Waals surface area contributed by atoms with Crippen LogP contribution in [0, 0.1) is 23.7 Å². The molecule has 0 amide bonds. The van der Waals surface area contributed by atoms with Gasteiger partial charge in [-0.3, -0.25) is 9.59 Å². The molecule has 2 aliphatic carbocycles. The normalized spacial score (nSPS) is 32.2. The Balaban J connectivity index is 1.26. The minimum absolute atomic E-state index is 0.111. The molecule has 2 saturated carbocycles. The lowest BCUT2D eigenvalue weighted by Gasteiger charge is -2.30. The highest BCUT2D eigenvalue weighted by Crippen LogP contribution is 2.54. The molecule has 1 saturated heterocycles. The molecule has 0 radical (unpaired) electrons. The van der Waals surface area contributed by atoms with Crippen LogP contribution in [0.2, 0.25) is 0 Å². The average Bonchev–Trinajstić information content (AvgIpc) is 3.40. The Bertz CT molecular complexity index is 779. The van der Waals surface area contributed by atoms with E-state index in [1.165, 1.54) is 12.7 Å². The van der Waals surface area contributed by atoms with Gasteiger partial charge in [0.15, 0.2) is 6.29 Å². The molecule has 194 valence electrons. The van der Waals surface area contributed by atoms with Gasteiger partial charge in [0.25, 0.3) is 6.47 Å². The van der Waals surface area contributed by atoms with E-state index in [0.29, 0.717) is 26.1 Å². The molecule has 3 fully saturated rings. The number of esters is 1. The van der Waals surface area contributed by atoms with Crippen LogP contribution in [-0.4, -0.2) is 51.3 Å². The third-order valence-electron chi connectivity index (χ3n) is 8.00. The monoisotopic (exact) mass is 488 g/mol. The number of ether oxygens (including phenoxy) is 5. The minimum Gasteiger partial charge on any atom is -0.469 e. The molecule has 0 bridgehead atoms. The van der Waals surface area contributed by atoms with Crippen molar-refractivity contribution < 1.29 is 33.3 Å². The van der Waals surface area contributed by atoms with E-state index < -0.39 is 0 Å². The molecule has 7 heteroatoms. The molecular formula is C28H40O7. The number of carbonyl (C=O) groups excluding carboxylic acids is 2. The summed E-state index contributed by atoms with van der Waals surface area (Å²) in [6.07, 6.45) is 7.97. The first kappa shape index (κ1) is 26.1. The zero-order valence-corrected chi connectivity index (χ0v) is 20.8. The van der Waals surface area contributed by atoms with Gasteiger partial charge >= 0.3 is 5.97 Å². The van der Waals surface area contributed by atoms with Crippen molar-refractivity contribution in [3.05, 3.63) is 35.9 Å². The number of unbranched alkanes of at least 4 members (excludes halogenated alkanes) is 2. The maximum absolute atomic E-state index is 12.8. The number of rotatable bonds is 13. The SMILES string of the molecule is COC(=O)[C@H]1[C@@H]2C[C@@H](CCCCCOCc3ccccc3)[C@@H](OC=O)[C@@H]2C[C@@H]1OC1CCCCO1. The van der Waals surface area contributed by atoms with E-state index in [1.54, 1.807) is 0 Å². The Hall–Kier alpha value is -1.96. The fourth-order valence-electron chi connectivity index (χ4n) is 6.39. The van der Waals surface area contributed by atoms with Crippen LogP contribution in [0.4, 0.5) is 0 Å². The third-order valence-corrected chi connectivity index (χ3v) is 8.00. The zero-order chi connectivity index (χ0) is 24.5. The van der Waals surface area contributed by atoms with Crippen molar-refractivity contribution >= 4 is 12.4 Å². The van der Waals surface area contributed by atoms with Crippen molar-refractivity contribution in [2.45, 2.75) is 82.9 Å². The summed E-state index contributed by atoms with van der Waals surface area (Å²) in [7, 11) is 1.44. The summed E-state index contributed by atoms with van der Waals surface area (Å²) in [4.78, 5) is 24.1. The van der Waals surface area contributed by atoms with E-state index in [4.69, 9.17) is 23.7 Å². The average molecular weight is 489 g/mol. The van der Waals surface area contributed by atoms with Gasteiger partial charge in [-0.05, 0) is 62.3 Å². The number of hydrogen-bond acceptors (Lipinski definition) is 7. The Kier molecular flexibility index (Phi) is 9.98. The molecular weight excluding hydrogens is 448 g/mol. The summed E-state index contributed by atoms with van der Waals surface area (Å²) < 4.78 is 28.6. The maximum Gasteiger partial charge on any atom is 0.311 e. The number of benzene rings is 1. The van der Waals surface area contributed by atoms with Crippen molar-refractivity contribution in [2.75, 3.05) is 20.3 Å². The van der Waals surface area contributed by atoms with Crippen molar-refractivity contribution in [2.24, 2.45) is 23.7 Å². The molecule has 1 unspecified atom stereocenters. The number of carbonyl (C=O) groups is 2. The first-order valence-electron chi connectivity index (χ1n) is 13.3. The van der Waals surface area contributed by atoms with Gasteiger partial charge < -0.3 is 23.7 Å². The zero-order valence-electron chi connectivity index (χ0n) is 20.8. The van der Waals surface area contributed by atoms with Crippen molar-refractivity contribution in [3.63, 3.8) is 0 Å². The van der Waals surface area contributed by atoms with Crippen LogP contribution in [0.1, 0.15) is 63.4 Å². The molecule has 1 heterocycles. The van der Waals surface area contributed by atoms with Crippen molar-refractivity contribution in [1.29, 1.82) is 0 Å². The largest absolute Gasteiger partial charge is 0.469 e. The summed E-state index contributed by atoms with van der Waals surface area (Å²) in [5, 5.41) is 0. The molecule has 1 aliphatic heterocycles. The van der Waals surface area contributed by atoms with Crippen LogP contribution in [0.15, 0.2) is 30.3 Å². The first-order valence-corrected chi connectivity index (χ1v) is 13.3. The van der Waals surface area contributed by atoms with E-state index in [2.05, 4.69) is 12.1 Å². The predicted octanol–water partition coefficient (Wildman–Crippen LogP) is 4.66. The Labute approximate surface area is 208 Å². The Morgan fingerprint density at radius 1 is 1.09 bits per heavy atom. The Morgan fingerprint density at radius 2 is 1.94 bits per heavy atom. The standard InChI is InChI=1S/C28H40O7/c1-31-28(30)26-22-16-21(12-6-3-8-14-32-18-20-10-4-2-5-11-20)27(34-19-29)23(22)17-24(26)35-25-13-7-9-15-33-25/h2,4-5,10-11,19,21-27H,3,6-9,12-18H2,1H3/t21-,22-,23-,24+,25?,26+,27-/m1/s1. The summed E-state index contributed by atoms with van der Waals surface area (Å²) in [5.41, 5.74) is 1.19. The quantitative estimate of drug-likeness (QED) is 0.227. The van der Waals surface area contributed by atoms with Crippen molar-refractivity contribution in [3.8, 4) is 0 Å². The first-order chi connectivity index (χ1) is 17.2. The van der Waals surface area contributed by atoms with E-state index in [9.17, 15) is 9.59 Å². The van der Waals surface area contributed by atoms with Gasteiger partial charge in [0, 0.05) is 19.1 Å². The van der Waals surface area contributed by atoms with Gasteiger partial charge in [0.2, 0.25) is 0 Å². The number of fused-ring (bicyclic) bond motifs is 1. The van der Waals surface area contributed by atoms with E-state index in [-0.39, 0.29) is 48.1 Å². The van der Waals surface area contributed by atoms with Gasteiger partial charge in [-0.1, -0.05) is 43.2 Å². The molecule has 0 aromatic heterocycles. The van der Waals surface area contributed by atoms with E-state index in [0.717, 1.165) is 58.0 Å². The fraction of sp³-hybridized carbons (Fsp3) is 0.714. The highest BCUT2D eigenvalue weighted by atomic mass is 16.7. The summed E-state index contributed by atoms with van der Waals surface area (Å²) in [5.74, 6) is -0.0548. The molecule has 7 atom stereocenters. The second-order valence-corrected chi connectivity index (χ2v) is 10.2. The molecule has 35 heavy (non-hydrogen) atoms. The highest BCUT2D eigenvalue weighted by Gasteiger charge is 2.58. The van der Waals surface area contributed by atoms with Gasteiger partial charge in [-0.2, -0.15) is 0 Å². The van der Waals surface area contributed by atoms with Crippen LogP contribution >= 0.6 is 0 Å². The fourth-order valence-corrected chi connectivity index (χ4v) is 6.39. The summed E-state index contributed by atoms with van der Waals surface area (Å²) >= 11 is 0.